The summed E-state index contributed by atoms with van der Waals surface area (Å²) < 4.78 is 0. The van der Waals surface area contributed by atoms with Gasteiger partial charge in [-0.1, -0.05) is 12.1 Å². The number of hydrogen-bond acceptors (Lipinski definition) is 2. The van der Waals surface area contributed by atoms with Gasteiger partial charge in [-0.3, -0.25) is 4.79 Å². The fourth-order valence-electron chi connectivity index (χ4n) is 0.771. The Hall–Kier alpha value is -0.713. The molecule has 0 heterocycles. The minimum atomic E-state index is -0.113. The first-order chi connectivity index (χ1) is 4.72. The van der Waals surface area contributed by atoms with E-state index in [2.05, 4.69) is 0 Å². The SMILES string of the molecule is CC(=O)c1ccccc1O.[Li]. The molecule has 1 radical (unpaired) electrons. The van der Waals surface area contributed by atoms with E-state index in [4.69, 9.17) is 5.11 Å². The van der Waals surface area contributed by atoms with Crippen molar-refractivity contribution < 1.29 is 9.90 Å². The zero-order chi connectivity index (χ0) is 7.56. The van der Waals surface area contributed by atoms with E-state index in [1.807, 2.05) is 0 Å². The molecule has 53 valence electrons. The quantitative estimate of drug-likeness (QED) is 0.474. The van der Waals surface area contributed by atoms with Gasteiger partial charge in [-0.2, -0.15) is 0 Å². The van der Waals surface area contributed by atoms with E-state index >= 15 is 0 Å². The average Bonchev–Trinajstić information content (AvgIpc) is 1.88. The second-order valence-corrected chi connectivity index (χ2v) is 2.07. The third-order valence-electron chi connectivity index (χ3n) is 1.28. The zero-order valence-electron chi connectivity index (χ0n) is 6.66. The number of aromatic hydroxyl groups is 1. The Kier molecular flexibility index (Phi) is 3.95. The van der Waals surface area contributed by atoms with E-state index in [-0.39, 0.29) is 30.4 Å². The van der Waals surface area contributed by atoms with Crippen molar-refractivity contribution in [3.63, 3.8) is 0 Å². The Morgan fingerprint density at radius 2 is 1.91 bits per heavy atom. The number of hydrogen-bond donors (Lipinski definition) is 1. The van der Waals surface area contributed by atoms with E-state index in [0.717, 1.165) is 0 Å². The molecule has 0 saturated heterocycles. The van der Waals surface area contributed by atoms with Crippen LogP contribution < -0.4 is 0 Å². The predicted octanol–water partition coefficient (Wildman–Crippen LogP) is 1.21. The third kappa shape index (κ3) is 2.42. The van der Waals surface area contributed by atoms with Gasteiger partial charge in [0.25, 0.3) is 0 Å². The monoisotopic (exact) mass is 143 g/mol. The molecule has 0 aromatic heterocycles. The molecular weight excluding hydrogens is 135 g/mol. The normalized spacial score (nSPS) is 8.45. The van der Waals surface area contributed by atoms with Crippen molar-refractivity contribution in [1.82, 2.24) is 0 Å². The zero-order valence-corrected chi connectivity index (χ0v) is 6.66. The summed E-state index contributed by atoms with van der Waals surface area (Å²) in [6.45, 7) is 1.43. The molecule has 0 spiro atoms. The summed E-state index contributed by atoms with van der Waals surface area (Å²) in [6, 6.07) is 6.49. The number of carbonyl (C=O) groups is 1. The Bertz CT molecular complexity index is 258. The summed E-state index contributed by atoms with van der Waals surface area (Å²) in [5.41, 5.74) is 0.377. The molecule has 0 atom stereocenters. The van der Waals surface area contributed by atoms with E-state index in [1.165, 1.54) is 13.0 Å². The van der Waals surface area contributed by atoms with Gasteiger partial charge >= 0.3 is 0 Å². The van der Waals surface area contributed by atoms with Crippen LogP contribution in [0.25, 0.3) is 0 Å². The van der Waals surface area contributed by atoms with Gasteiger partial charge in [0.05, 0.1) is 5.56 Å². The van der Waals surface area contributed by atoms with E-state index in [1.54, 1.807) is 18.2 Å². The van der Waals surface area contributed by atoms with E-state index < -0.39 is 0 Å². The van der Waals surface area contributed by atoms with Gasteiger partial charge in [0.15, 0.2) is 5.78 Å². The Balaban J connectivity index is 0.000001000. The maximum atomic E-state index is 10.7. The van der Waals surface area contributed by atoms with Crippen LogP contribution in [0.2, 0.25) is 0 Å². The van der Waals surface area contributed by atoms with Gasteiger partial charge in [-0.25, -0.2) is 0 Å². The van der Waals surface area contributed by atoms with Crippen LogP contribution >= 0.6 is 0 Å². The standard InChI is InChI=1S/C8H8O2.Li/c1-6(9)7-4-2-3-5-8(7)10;/h2-5,10H,1H3;. The number of rotatable bonds is 1. The fourth-order valence-corrected chi connectivity index (χ4v) is 0.771. The summed E-state index contributed by atoms with van der Waals surface area (Å²) in [4.78, 5) is 10.7. The Morgan fingerprint density at radius 1 is 1.36 bits per heavy atom. The van der Waals surface area contributed by atoms with E-state index in [0.29, 0.717) is 5.56 Å². The molecule has 1 aromatic rings. The fraction of sp³-hybridized carbons (Fsp3) is 0.125. The molecule has 1 aromatic carbocycles. The van der Waals surface area contributed by atoms with Crippen molar-refractivity contribution in [3.05, 3.63) is 29.8 Å². The number of carbonyl (C=O) groups excluding carboxylic acids is 1. The number of phenolic OH excluding ortho intramolecular Hbond substituents is 1. The summed E-state index contributed by atoms with van der Waals surface area (Å²) in [5.74, 6) is -0.0619. The van der Waals surface area contributed by atoms with E-state index in [9.17, 15) is 4.79 Å². The minimum absolute atomic E-state index is 0. The first kappa shape index (κ1) is 10.3. The molecule has 0 amide bonds. The maximum Gasteiger partial charge on any atom is 0.163 e. The number of benzene rings is 1. The van der Waals surface area contributed by atoms with Crippen LogP contribution in [0, 0.1) is 0 Å². The molecule has 1 rings (SSSR count). The predicted molar refractivity (Wildman–Crippen MR) is 43.9 cm³/mol. The second-order valence-electron chi connectivity index (χ2n) is 2.07. The summed E-state index contributed by atoms with van der Waals surface area (Å²) in [6.07, 6.45) is 0. The van der Waals surface area contributed by atoms with Gasteiger partial charge in [-0.15, -0.1) is 0 Å². The average molecular weight is 143 g/mol. The van der Waals surface area contributed by atoms with Crippen molar-refractivity contribution in [1.29, 1.82) is 0 Å². The minimum Gasteiger partial charge on any atom is -0.507 e. The Morgan fingerprint density at radius 3 is 2.27 bits per heavy atom. The van der Waals surface area contributed by atoms with Crippen LogP contribution in [0.5, 0.6) is 5.75 Å². The molecule has 2 nitrogen and oxygen atoms in total. The molecular formula is C8H8LiO2. The smallest absolute Gasteiger partial charge is 0.163 e. The van der Waals surface area contributed by atoms with Gasteiger partial charge < -0.3 is 5.11 Å². The van der Waals surface area contributed by atoms with Crippen LogP contribution in [-0.2, 0) is 0 Å². The van der Waals surface area contributed by atoms with Gasteiger partial charge in [0, 0.05) is 18.9 Å². The molecule has 0 fully saturated rings. The summed E-state index contributed by atoms with van der Waals surface area (Å²) >= 11 is 0. The molecule has 11 heavy (non-hydrogen) atoms. The largest absolute Gasteiger partial charge is 0.507 e. The Labute approximate surface area is 77.4 Å². The van der Waals surface area contributed by atoms with Crippen molar-refractivity contribution in [2.75, 3.05) is 0 Å². The van der Waals surface area contributed by atoms with Crippen molar-refractivity contribution in [2.45, 2.75) is 6.92 Å². The molecule has 0 saturated carbocycles. The van der Waals surface area contributed by atoms with Crippen LogP contribution in [0.4, 0.5) is 0 Å². The molecule has 0 bridgehead atoms. The molecule has 3 heteroatoms. The van der Waals surface area contributed by atoms with Crippen LogP contribution in [0.3, 0.4) is 0 Å². The second kappa shape index (κ2) is 4.22. The molecule has 0 aliphatic heterocycles. The topological polar surface area (TPSA) is 37.3 Å². The van der Waals surface area contributed by atoms with Gasteiger partial charge in [0.1, 0.15) is 5.75 Å². The van der Waals surface area contributed by atoms with Crippen LogP contribution in [0.1, 0.15) is 17.3 Å². The maximum absolute atomic E-state index is 10.7. The molecule has 0 unspecified atom stereocenters. The molecule has 0 aliphatic carbocycles. The number of ketones is 1. The number of phenols is 1. The van der Waals surface area contributed by atoms with Gasteiger partial charge in [-0.05, 0) is 19.1 Å². The third-order valence-corrected chi connectivity index (χ3v) is 1.28. The summed E-state index contributed by atoms with van der Waals surface area (Å²) in [7, 11) is 0. The van der Waals surface area contributed by atoms with Crippen LogP contribution in [0.15, 0.2) is 24.3 Å². The first-order valence-electron chi connectivity index (χ1n) is 3.01. The van der Waals surface area contributed by atoms with Crippen molar-refractivity contribution in [2.24, 2.45) is 0 Å². The molecule has 0 aliphatic rings. The van der Waals surface area contributed by atoms with Gasteiger partial charge in [0.2, 0.25) is 0 Å². The number of Topliss-reactive ketones (excluding diaryl/α,β-unsaturated/α-hetero) is 1. The van der Waals surface area contributed by atoms with Crippen molar-refractivity contribution in [3.8, 4) is 5.75 Å². The summed E-state index contributed by atoms with van der Waals surface area (Å²) in [5, 5.41) is 9.06. The first-order valence-corrected chi connectivity index (χ1v) is 3.01. The van der Waals surface area contributed by atoms with Crippen molar-refractivity contribution >= 4 is 24.6 Å². The molecule has 1 N–H and O–H groups in total. The van der Waals surface area contributed by atoms with Crippen LogP contribution in [-0.4, -0.2) is 29.8 Å². The number of para-hydroxylation sites is 1.